The Kier molecular flexibility index (Phi) is 4.73. The zero-order valence-corrected chi connectivity index (χ0v) is 10.9. The van der Waals surface area contributed by atoms with Crippen LogP contribution in [0.4, 0.5) is 0 Å². The van der Waals surface area contributed by atoms with E-state index in [0.717, 1.165) is 31.7 Å². The number of rotatable bonds is 4. The maximum atomic E-state index is 11.9. The van der Waals surface area contributed by atoms with Gasteiger partial charge in [0, 0.05) is 26.2 Å². The van der Waals surface area contributed by atoms with E-state index in [-0.39, 0.29) is 11.9 Å². The minimum atomic E-state index is 0.0709. The van der Waals surface area contributed by atoms with Crippen LogP contribution >= 0.6 is 0 Å². The second kappa shape index (κ2) is 6.52. The van der Waals surface area contributed by atoms with Crippen molar-refractivity contribution in [1.82, 2.24) is 15.5 Å². The molecule has 1 amide bonds. The third kappa shape index (κ3) is 3.82. The standard InChI is InChI=1S/C14H21N3O/c1-12(13-5-3-2-4-6-13)16-14(18)11-17-9-7-15-8-10-17/h2-6,12,15H,7-11H2,1H3,(H,16,18)/t12-/m0/s1. The first kappa shape index (κ1) is 13.1. The number of benzene rings is 1. The van der Waals surface area contributed by atoms with E-state index in [4.69, 9.17) is 0 Å². The predicted molar refractivity (Wildman–Crippen MR) is 72.3 cm³/mol. The average Bonchev–Trinajstić information content (AvgIpc) is 2.40. The predicted octanol–water partition coefficient (Wildman–Crippen LogP) is 0.769. The molecule has 1 aliphatic heterocycles. The fourth-order valence-electron chi connectivity index (χ4n) is 2.18. The largest absolute Gasteiger partial charge is 0.348 e. The summed E-state index contributed by atoms with van der Waals surface area (Å²) < 4.78 is 0. The molecule has 0 unspecified atom stereocenters. The summed E-state index contributed by atoms with van der Waals surface area (Å²) in [5.41, 5.74) is 1.14. The van der Waals surface area contributed by atoms with E-state index in [0.29, 0.717) is 6.54 Å². The Morgan fingerprint density at radius 3 is 2.67 bits per heavy atom. The fraction of sp³-hybridized carbons (Fsp3) is 0.500. The lowest BCUT2D eigenvalue weighted by Crippen LogP contribution is -2.47. The van der Waals surface area contributed by atoms with Crippen LogP contribution in [0.25, 0.3) is 0 Å². The summed E-state index contributed by atoms with van der Waals surface area (Å²) in [5, 5.41) is 6.32. The molecule has 2 rings (SSSR count). The Morgan fingerprint density at radius 2 is 2.00 bits per heavy atom. The lowest BCUT2D eigenvalue weighted by Gasteiger charge is -2.27. The van der Waals surface area contributed by atoms with E-state index < -0.39 is 0 Å². The Bertz CT molecular complexity index is 374. The van der Waals surface area contributed by atoms with Gasteiger partial charge in [0.25, 0.3) is 0 Å². The second-order valence-electron chi connectivity index (χ2n) is 4.73. The zero-order valence-electron chi connectivity index (χ0n) is 10.9. The third-order valence-corrected chi connectivity index (χ3v) is 3.25. The molecule has 1 heterocycles. The van der Waals surface area contributed by atoms with Crippen molar-refractivity contribution in [2.75, 3.05) is 32.7 Å². The van der Waals surface area contributed by atoms with Gasteiger partial charge in [0.05, 0.1) is 12.6 Å². The van der Waals surface area contributed by atoms with E-state index in [1.807, 2.05) is 37.3 Å². The van der Waals surface area contributed by atoms with Gasteiger partial charge >= 0.3 is 0 Å². The quantitative estimate of drug-likeness (QED) is 0.826. The molecule has 0 bridgehead atoms. The first-order valence-electron chi connectivity index (χ1n) is 6.53. The lowest BCUT2D eigenvalue weighted by molar-refractivity contribution is -0.123. The molecule has 0 aromatic heterocycles. The Morgan fingerprint density at radius 1 is 1.33 bits per heavy atom. The smallest absolute Gasteiger partial charge is 0.234 e. The van der Waals surface area contributed by atoms with Crippen molar-refractivity contribution in [3.63, 3.8) is 0 Å². The van der Waals surface area contributed by atoms with Crippen LogP contribution < -0.4 is 10.6 Å². The summed E-state index contributed by atoms with van der Waals surface area (Å²) >= 11 is 0. The summed E-state index contributed by atoms with van der Waals surface area (Å²) in [6.07, 6.45) is 0. The van der Waals surface area contributed by atoms with Gasteiger partial charge in [-0.25, -0.2) is 0 Å². The highest BCUT2D eigenvalue weighted by molar-refractivity contribution is 5.78. The minimum absolute atomic E-state index is 0.0709. The molecule has 1 aromatic rings. The summed E-state index contributed by atoms with van der Waals surface area (Å²) in [4.78, 5) is 14.1. The number of carbonyl (C=O) groups excluding carboxylic acids is 1. The van der Waals surface area contributed by atoms with Crippen molar-refractivity contribution in [3.05, 3.63) is 35.9 Å². The average molecular weight is 247 g/mol. The number of hydrogen-bond donors (Lipinski definition) is 2. The molecule has 18 heavy (non-hydrogen) atoms. The van der Waals surface area contributed by atoms with E-state index in [2.05, 4.69) is 15.5 Å². The van der Waals surface area contributed by atoms with Gasteiger partial charge in [-0.15, -0.1) is 0 Å². The molecule has 1 aromatic carbocycles. The van der Waals surface area contributed by atoms with Gasteiger partial charge in [-0.2, -0.15) is 0 Å². The lowest BCUT2D eigenvalue weighted by atomic mass is 10.1. The first-order chi connectivity index (χ1) is 8.75. The minimum Gasteiger partial charge on any atom is -0.348 e. The zero-order chi connectivity index (χ0) is 12.8. The highest BCUT2D eigenvalue weighted by Crippen LogP contribution is 2.10. The molecule has 2 N–H and O–H groups in total. The van der Waals surface area contributed by atoms with Gasteiger partial charge in [-0.05, 0) is 12.5 Å². The van der Waals surface area contributed by atoms with Gasteiger partial charge < -0.3 is 10.6 Å². The maximum Gasteiger partial charge on any atom is 0.234 e. The van der Waals surface area contributed by atoms with Crippen LogP contribution in [0.5, 0.6) is 0 Å². The van der Waals surface area contributed by atoms with Crippen LogP contribution in [-0.2, 0) is 4.79 Å². The molecule has 4 heteroatoms. The van der Waals surface area contributed by atoms with Crippen LogP contribution in [-0.4, -0.2) is 43.5 Å². The molecular formula is C14H21N3O. The Hall–Kier alpha value is -1.39. The third-order valence-electron chi connectivity index (χ3n) is 3.25. The topological polar surface area (TPSA) is 44.4 Å². The van der Waals surface area contributed by atoms with Crippen molar-refractivity contribution >= 4 is 5.91 Å². The van der Waals surface area contributed by atoms with E-state index in [1.54, 1.807) is 0 Å². The normalized spacial score (nSPS) is 18.3. The monoisotopic (exact) mass is 247 g/mol. The van der Waals surface area contributed by atoms with Crippen molar-refractivity contribution < 1.29 is 4.79 Å². The van der Waals surface area contributed by atoms with Gasteiger partial charge in [0.2, 0.25) is 5.91 Å². The molecule has 1 aliphatic rings. The fourth-order valence-corrected chi connectivity index (χ4v) is 2.18. The van der Waals surface area contributed by atoms with E-state index in [9.17, 15) is 4.79 Å². The molecule has 0 saturated carbocycles. The number of hydrogen-bond acceptors (Lipinski definition) is 3. The summed E-state index contributed by atoms with van der Waals surface area (Å²) in [6, 6.07) is 10.1. The van der Waals surface area contributed by atoms with Gasteiger partial charge in [0.1, 0.15) is 0 Å². The van der Waals surface area contributed by atoms with Crippen molar-refractivity contribution in [3.8, 4) is 0 Å². The van der Waals surface area contributed by atoms with Crippen LogP contribution in [0, 0.1) is 0 Å². The Labute approximate surface area is 108 Å². The molecular weight excluding hydrogens is 226 g/mol. The first-order valence-corrected chi connectivity index (χ1v) is 6.53. The number of amides is 1. The van der Waals surface area contributed by atoms with E-state index >= 15 is 0 Å². The highest BCUT2D eigenvalue weighted by Gasteiger charge is 2.15. The van der Waals surface area contributed by atoms with Crippen molar-refractivity contribution in [2.45, 2.75) is 13.0 Å². The maximum absolute atomic E-state index is 11.9. The number of carbonyl (C=O) groups is 1. The SMILES string of the molecule is C[C@H](NC(=O)CN1CCNCC1)c1ccccc1. The van der Waals surface area contributed by atoms with Crippen molar-refractivity contribution in [1.29, 1.82) is 0 Å². The van der Waals surface area contributed by atoms with Gasteiger partial charge in [-0.1, -0.05) is 30.3 Å². The highest BCUT2D eigenvalue weighted by atomic mass is 16.2. The molecule has 1 saturated heterocycles. The van der Waals surface area contributed by atoms with Crippen LogP contribution in [0.3, 0.4) is 0 Å². The van der Waals surface area contributed by atoms with Gasteiger partial charge in [-0.3, -0.25) is 9.69 Å². The van der Waals surface area contributed by atoms with Crippen LogP contribution in [0.1, 0.15) is 18.5 Å². The molecule has 4 nitrogen and oxygen atoms in total. The number of piperazine rings is 1. The molecule has 1 atom stereocenters. The molecule has 0 radical (unpaired) electrons. The van der Waals surface area contributed by atoms with Crippen LogP contribution in [0.2, 0.25) is 0 Å². The van der Waals surface area contributed by atoms with E-state index in [1.165, 1.54) is 0 Å². The molecule has 0 spiro atoms. The summed E-state index contributed by atoms with van der Waals surface area (Å²) in [5.74, 6) is 0.105. The molecule has 0 aliphatic carbocycles. The molecule has 1 fully saturated rings. The number of nitrogens with zero attached hydrogens (tertiary/aromatic N) is 1. The second-order valence-corrected chi connectivity index (χ2v) is 4.73. The van der Waals surface area contributed by atoms with Crippen LogP contribution in [0.15, 0.2) is 30.3 Å². The van der Waals surface area contributed by atoms with Crippen molar-refractivity contribution in [2.24, 2.45) is 0 Å². The van der Waals surface area contributed by atoms with Gasteiger partial charge in [0.15, 0.2) is 0 Å². The summed E-state index contributed by atoms with van der Waals surface area (Å²) in [6.45, 7) is 6.37. The number of nitrogens with one attached hydrogen (secondary N) is 2. The Balaban J connectivity index is 1.80. The summed E-state index contributed by atoms with van der Waals surface area (Å²) in [7, 11) is 0. The molecule has 98 valence electrons.